The number of anilines is 1. The zero-order chi connectivity index (χ0) is 29.1. The van der Waals surface area contributed by atoms with Crippen molar-refractivity contribution in [3.63, 3.8) is 0 Å². The van der Waals surface area contributed by atoms with Crippen LogP contribution in [0.1, 0.15) is 46.2 Å². The van der Waals surface area contributed by atoms with Crippen LogP contribution in [0.2, 0.25) is 0 Å². The summed E-state index contributed by atoms with van der Waals surface area (Å²) in [5, 5.41) is 27.9. The highest BCUT2D eigenvalue weighted by atomic mass is 16.6. The summed E-state index contributed by atoms with van der Waals surface area (Å²) in [6.45, 7) is 13.8. The second-order valence-electron chi connectivity index (χ2n) is 9.82. The van der Waals surface area contributed by atoms with Crippen LogP contribution in [0.15, 0.2) is 18.9 Å². The summed E-state index contributed by atoms with van der Waals surface area (Å²) >= 11 is 0. The minimum absolute atomic E-state index is 0. The fraction of sp³-hybridized carbons (Fsp3) is 0.560. The second-order valence-corrected chi connectivity index (χ2v) is 9.82. The lowest BCUT2D eigenvalue weighted by Crippen LogP contribution is -2.44. The van der Waals surface area contributed by atoms with E-state index in [0.29, 0.717) is 19.0 Å². The molecule has 3 aromatic heterocycles. The maximum atomic E-state index is 8.56. The van der Waals surface area contributed by atoms with E-state index in [1.165, 1.54) is 12.8 Å². The topological polar surface area (TPSA) is 232 Å². The van der Waals surface area contributed by atoms with Crippen molar-refractivity contribution >= 4 is 29.3 Å². The Morgan fingerprint density at radius 3 is 2.20 bits per heavy atom. The lowest BCUT2D eigenvalue weighted by Gasteiger charge is -2.34. The summed E-state index contributed by atoms with van der Waals surface area (Å²) in [6, 6.07) is 0.242. The molecule has 15 heteroatoms. The van der Waals surface area contributed by atoms with E-state index in [9.17, 15) is 0 Å². The van der Waals surface area contributed by atoms with E-state index >= 15 is 0 Å². The number of nitrogens with zero attached hydrogens (tertiary/aromatic N) is 7. The van der Waals surface area contributed by atoms with Gasteiger partial charge in [-0.15, -0.1) is 0 Å². The Hall–Kier alpha value is -4.11. The highest BCUT2D eigenvalue weighted by Crippen LogP contribution is 2.34. The van der Waals surface area contributed by atoms with Gasteiger partial charge in [0.2, 0.25) is 0 Å². The first kappa shape index (κ1) is 33.9. The van der Waals surface area contributed by atoms with Crippen molar-refractivity contribution in [1.82, 2.24) is 35.6 Å². The quantitative estimate of drug-likeness (QED) is 0.294. The molecular formula is C25H40N8O7. The van der Waals surface area contributed by atoms with Crippen LogP contribution < -0.4 is 11.1 Å². The van der Waals surface area contributed by atoms with Gasteiger partial charge in [-0.1, -0.05) is 20.8 Å². The summed E-state index contributed by atoms with van der Waals surface area (Å²) in [6.07, 6.45) is 4.16. The SMILES string of the molecule is CC(C)C.Cc1ncncc1-c1nc(N2CCOC[C@@H]2C)c2ncn(CC3CC3)c2n1.N.O=C(O)O.O=C(O)O. The lowest BCUT2D eigenvalue weighted by atomic mass is 10.2. The summed E-state index contributed by atoms with van der Waals surface area (Å²) < 4.78 is 7.79. The fourth-order valence-electron chi connectivity index (χ4n) is 3.61. The summed E-state index contributed by atoms with van der Waals surface area (Å²) in [7, 11) is 0. The number of hydrogen-bond donors (Lipinski definition) is 5. The predicted octanol–water partition coefficient (Wildman–Crippen LogP) is 4.50. The standard InChI is InChI=1S/C19H23N7O.C4H10.2CH2O3.H3N/c1-12-9-27-6-5-26(12)19-16-18(25(11-22-16)8-14-3-4-14)23-17(24-19)15-7-20-10-21-13(15)2;1-4(2)3;2*2-1(3)4;/h7,10-12,14H,3-6,8-9H2,1-2H3;4H,1-3H3;2*(H2,2,3,4);1H3/t12-;;;;/m0..../s1. The Morgan fingerprint density at radius 1 is 1.07 bits per heavy atom. The second kappa shape index (κ2) is 16.1. The van der Waals surface area contributed by atoms with Gasteiger partial charge in [-0.3, -0.25) is 0 Å². The van der Waals surface area contributed by atoms with Crippen LogP contribution in [0.3, 0.4) is 0 Å². The first-order valence-corrected chi connectivity index (χ1v) is 12.6. The monoisotopic (exact) mass is 564 g/mol. The van der Waals surface area contributed by atoms with Gasteiger partial charge in [-0.25, -0.2) is 34.5 Å². The molecule has 4 heterocycles. The minimum atomic E-state index is -1.83. The number of imidazole rings is 1. The van der Waals surface area contributed by atoms with E-state index in [1.807, 2.05) is 13.3 Å². The Bertz CT molecular complexity index is 1210. The molecule has 222 valence electrons. The van der Waals surface area contributed by atoms with Gasteiger partial charge < -0.3 is 40.8 Å². The number of aryl methyl sites for hydroxylation is 1. The molecule has 1 aliphatic heterocycles. The fourth-order valence-corrected chi connectivity index (χ4v) is 3.61. The van der Waals surface area contributed by atoms with Crippen LogP contribution in [-0.2, 0) is 11.3 Å². The smallest absolute Gasteiger partial charge is 0.450 e. The molecule has 2 aliphatic rings. The first-order valence-electron chi connectivity index (χ1n) is 12.6. The first-order chi connectivity index (χ1) is 18.4. The molecule has 15 nitrogen and oxygen atoms in total. The van der Waals surface area contributed by atoms with Crippen LogP contribution in [-0.4, -0.2) is 88.0 Å². The van der Waals surface area contributed by atoms with E-state index in [2.05, 4.69) is 47.1 Å². The van der Waals surface area contributed by atoms with Crippen molar-refractivity contribution < 1.29 is 34.8 Å². The Labute approximate surface area is 232 Å². The summed E-state index contributed by atoms with van der Waals surface area (Å²) in [4.78, 5) is 42.4. The molecule has 3 aromatic rings. The number of rotatable bonds is 4. The minimum Gasteiger partial charge on any atom is -0.450 e. The molecule has 0 aromatic carbocycles. The Kier molecular flexibility index (Phi) is 13.7. The molecule has 1 saturated heterocycles. The molecular weight excluding hydrogens is 524 g/mol. The maximum absolute atomic E-state index is 8.56. The zero-order valence-electron chi connectivity index (χ0n) is 23.6. The molecule has 0 radical (unpaired) electrons. The van der Waals surface area contributed by atoms with Gasteiger partial charge in [-0.05, 0) is 38.5 Å². The maximum Gasteiger partial charge on any atom is 0.503 e. The average Bonchev–Trinajstić information content (AvgIpc) is 3.56. The van der Waals surface area contributed by atoms with E-state index in [-0.39, 0.29) is 12.2 Å². The van der Waals surface area contributed by atoms with Crippen LogP contribution in [0.5, 0.6) is 0 Å². The van der Waals surface area contributed by atoms with Crippen molar-refractivity contribution in [3.05, 3.63) is 24.5 Å². The highest BCUT2D eigenvalue weighted by molar-refractivity contribution is 5.86. The normalized spacial score (nSPS) is 15.8. The molecule has 40 heavy (non-hydrogen) atoms. The van der Waals surface area contributed by atoms with Crippen LogP contribution in [0.25, 0.3) is 22.6 Å². The number of carboxylic acid groups (broad SMARTS) is 4. The van der Waals surface area contributed by atoms with E-state index < -0.39 is 12.3 Å². The van der Waals surface area contributed by atoms with E-state index in [1.54, 1.807) is 12.5 Å². The van der Waals surface area contributed by atoms with Gasteiger partial charge in [0.25, 0.3) is 0 Å². The molecule has 0 bridgehead atoms. The van der Waals surface area contributed by atoms with E-state index in [4.69, 9.17) is 49.7 Å². The average molecular weight is 565 g/mol. The van der Waals surface area contributed by atoms with Gasteiger partial charge in [0, 0.05) is 19.3 Å². The summed E-state index contributed by atoms with van der Waals surface area (Å²) in [5.41, 5.74) is 3.49. The van der Waals surface area contributed by atoms with Crippen molar-refractivity contribution in [1.29, 1.82) is 0 Å². The van der Waals surface area contributed by atoms with Gasteiger partial charge in [0.1, 0.15) is 6.33 Å². The van der Waals surface area contributed by atoms with Gasteiger partial charge in [-0.2, -0.15) is 0 Å². The third-order valence-corrected chi connectivity index (χ3v) is 5.39. The molecule has 7 N–H and O–H groups in total. The van der Waals surface area contributed by atoms with Crippen molar-refractivity contribution in [2.75, 3.05) is 24.7 Å². The number of aromatic nitrogens is 6. The molecule has 1 aliphatic carbocycles. The van der Waals surface area contributed by atoms with Crippen molar-refractivity contribution in [3.8, 4) is 11.4 Å². The largest absolute Gasteiger partial charge is 0.503 e. The Morgan fingerprint density at radius 2 is 1.68 bits per heavy atom. The molecule has 1 atom stereocenters. The molecule has 0 unspecified atom stereocenters. The third-order valence-electron chi connectivity index (χ3n) is 5.39. The molecule has 0 amide bonds. The third kappa shape index (κ3) is 10.9. The van der Waals surface area contributed by atoms with Gasteiger partial charge in [0.15, 0.2) is 22.8 Å². The van der Waals surface area contributed by atoms with Crippen molar-refractivity contribution in [2.24, 2.45) is 11.8 Å². The lowest BCUT2D eigenvalue weighted by molar-refractivity contribution is 0.0987. The number of morpholine rings is 1. The molecule has 2 fully saturated rings. The molecule has 1 saturated carbocycles. The molecule has 5 rings (SSSR count). The van der Waals surface area contributed by atoms with Gasteiger partial charge >= 0.3 is 12.3 Å². The van der Waals surface area contributed by atoms with Crippen LogP contribution in [0.4, 0.5) is 15.4 Å². The number of fused-ring (bicyclic) bond motifs is 1. The number of ether oxygens (including phenoxy) is 1. The van der Waals surface area contributed by atoms with Crippen LogP contribution >= 0.6 is 0 Å². The Balaban J connectivity index is 0.000000527. The highest BCUT2D eigenvalue weighted by Gasteiger charge is 2.27. The predicted molar refractivity (Wildman–Crippen MR) is 148 cm³/mol. The van der Waals surface area contributed by atoms with E-state index in [0.717, 1.165) is 53.2 Å². The number of carbonyl (C=O) groups is 2. The number of hydrogen-bond acceptors (Lipinski definition) is 10. The summed E-state index contributed by atoms with van der Waals surface area (Å²) in [5.74, 6) is 3.11. The van der Waals surface area contributed by atoms with Crippen molar-refractivity contribution in [2.45, 2.75) is 60.0 Å². The zero-order valence-corrected chi connectivity index (χ0v) is 23.6. The van der Waals surface area contributed by atoms with Gasteiger partial charge in [0.05, 0.1) is 36.8 Å². The molecule has 0 spiro atoms. The van der Waals surface area contributed by atoms with Crippen LogP contribution in [0, 0.1) is 18.8 Å².